The second kappa shape index (κ2) is 6.21. The van der Waals surface area contributed by atoms with Gasteiger partial charge in [-0.15, -0.1) is 0 Å². The molecule has 22 heavy (non-hydrogen) atoms. The number of hydrogen-bond donors (Lipinski definition) is 3. The molecule has 1 aliphatic carbocycles. The molecule has 1 amide bonds. The molecular weight excluding hydrogens is 416 g/mol. The Morgan fingerprint density at radius 3 is 2.91 bits per heavy atom. The van der Waals surface area contributed by atoms with E-state index >= 15 is 0 Å². The summed E-state index contributed by atoms with van der Waals surface area (Å²) in [5.74, 6) is 0.165. The minimum absolute atomic E-state index is 0.0528. The third-order valence-corrected chi connectivity index (χ3v) is 4.34. The van der Waals surface area contributed by atoms with Gasteiger partial charge in [-0.25, -0.2) is 5.43 Å². The summed E-state index contributed by atoms with van der Waals surface area (Å²) >= 11 is 6.56. The first-order valence-corrected chi connectivity index (χ1v) is 8.20. The number of phenols is 1. The molecule has 0 spiro atoms. The average Bonchev–Trinajstić information content (AvgIpc) is 3.21. The van der Waals surface area contributed by atoms with E-state index in [1.54, 1.807) is 18.2 Å². The number of amides is 1. The number of nitrogens with one attached hydrogen (secondary N) is 2. The van der Waals surface area contributed by atoms with E-state index in [0.29, 0.717) is 21.6 Å². The molecule has 0 aliphatic heterocycles. The molecule has 1 aromatic carbocycles. The van der Waals surface area contributed by atoms with Crippen LogP contribution in [0, 0.1) is 0 Å². The molecular formula is C14H12Br2N4O2. The molecule has 1 heterocycles. The van der Waals surface area contributed by atoms with Crippen LogP contribution in [0.3, 0.4) is 0 Å². The highest BCUT2D eigenvalue weighted by molar-refractivity contribution is 9.11. The molecule has 114 valence electrons. The van der Waals surface area contributed by atoms with E-state index in [2.05, 4.69) is 52.6 Å². The maximum absolute atomic E-state index is 11.9. The molecule has 8 heteroatoms. The molecule has 1 aromatic heterocycles. The Morgan fingerprint density at radius 2 is 2.18 bits per heavy atom. The Hall–Kier alpha value is -1.67. The Bertz CT molecular complexity index is 753. The van der Waals surface area contributed by atoms with Crippen molar-refractivity contribution in [3.8, 4) is 5.75 Å². The SMILES string of the molecule is O=C(N/N=C\c1cc(Br)cc(Br)c1O)c1cc(C2CC2)[nH]n1. The fourth-order valence-corrected chi connectivity index (χ4v) is 3.22. The summed E-state index contributed by atoms with van der Waals surface area (Å²) in [5.41, 5.74) is 4.16. The summed E-state index contributed by atoms with van der Waals surface area (Å²) in [6, 6.07) is 5.15. The Morgan fingerprint density at radius 1 is 1.41 bits per heavy atom. The predicted octanol–water partition coefficient (Wildman–Crippen LogP) is 3.28. The van der Waals surface area contributed by atoms with E-state index < -0.39 is 5.91 Å². The molecule has 0 bridgehead atoms. The maximum Gasteiger partial charge on any atom is 0.291 e. The van der Waals surface area contributed by atoms with Gasteiger partial charge < -0.3 is 5.11 Å². The van der Waals surface area contributed by atoms with Gasteiger partial charge in [0.05, 0.1) is 10.7 Å². The molecule has 1 aliphatic rings. The maximum atomic E-state index is 11.9. The normalized spacial score (nSPS) is 14.5. The number of rotatable bonds is 4. The van der Waals surface area contributed by atoms with E-state index in [1.807, 2.05) is 0 Å². The van der Waals surface area contributed by atoms with Crippen LogP contribution >= 0.6 is 31.9 Å². The van der Waals surface area contributed by atoms with Gasteiger partial charge in [0, 0.05) is 21.6 Å². The minimum atomic E-state index is -0.395. The summed E-state index contributed by atoms with van der Waals surface area (Å²) in [6.45, 7) is 0. The highest BCUT2D eigenvalue weighted by atomic mass is 79.9. The number of halogens is 2. The first kappa shape index (κ1) is 15.2. The van der Waals surface area contributed by atoms with Crippen LogP contribution in [-0.4, -0.2) is 27.4 Å². The molecule has 0 radical (unpaired) electrons. The lowest BCUT2D eigenvalue weighted by molar-refractivity contribution is 0.0950. The van der Waals surface area contributed by atoms with Crippen LogP contribution in [0.2, 0.25) is 0 Å². The number of aromatic amines is 1. The van der Waals surface area contributed by atoms with Gasteiger partial charge >= 0.3 is 0 Å². The van der Waals surface area contributed by atoms with Crippen molar-refractivity contribution in [2.75, 3.05) is 0 Å². The quantitative estimate of drug-likeness (QED) is 0.516. The van der Waals surface area contributed by atoms with Crippen molar-refractivity contribution in [3.05, 3.63) is 44.1 Å². The van der Waals surface area contributed by atoms with Crippen LogP contribution in [0.5, 0.6) is 5.75 Å². The van der Waals surface area contributed by atoms with Crippen molar-refractivity contribution in [1.29, 1.82) is 0 Å². The number of aromatic nitrogens is 2. The van der Waals surface area contributed by atoms with Gasteiger partial charge in [0.2, 0.25) is 0 Å². The zero-order valence-corrected chi connectivity index (χ0v) is 14.5. The van der Waals surface area contributed by atoms with E-state index in [-0.39, 0.29) is 5.75 Å². The van der Waals surface area contributed by atoms with Crippen molar-refractivity contribution < 1.29 is 9.90 Å². The molecule has 1 fully saturated rings. The smallest absolute Gasteiger partial charge is 0.291 e. The second-order valence-electron chi connectivity index (χ2n) is 5.01. The van der Waals surface area contributed by atoms with Crippen molar-refractivity contribution in [2.24, 2.45) is 5.10 Å². The average molecular weight is 428 g/mol. The molecule has 0 atom stereocenters. The summed E-state index contributed by atoms with van der Waals surface area (Å²) in [7, 11) is 0. The Kier molecular flexibility index (Phi) is 4.30. The molecule has 6 nitrogen and oxygen atoms in total. The van der Waals surface area contributed by atoms with Gasteiger partial charge in [-0.05, 0) is 47.0 Å². The van der Waals surface area contributed by atoms with E-state index in [1.165, 1.54) is 6.21 Å². The molecule has 2 aromatic rings. The number of H-pyrrole nitrogens is 1. The van der Waals surface area contributed by atoms with Gasteiger partial charge in [-0.1, -0.05) is 15.9 Å². The zero-order chi connectivity index (χ0) is 15.7. The third-order valence-electron chi connectivity index (χ3n) is 3.27. The lowest BCUT2D eigenvalue weighted by Gasteiger charge is -2.02. The molecule has 3 N–H and O–H groups in total. The fraction of sp³-hybridized carbons (Fsp3) is 0.214. The van der Waals surface area contributed by atoms with Crippen molar-refractivity contribution >= 4 is 44.0 Å². The topological polar surface area (TPSA) is 90.4 Å². The van der Waals surface area contributed by atoms with Gasteiger partial charge in [0.1, 0.15) is 5.75 Å². The number of hydrazone groups is 1. The van der Waals surface area contributed by atoms with Gasteiger partial charge in [-0.2, -0.15) is 10.2 Å². The lowest BCUT2D eigenvalue weighted by Crippen LogP contribution is -2.18. The summed E-state index contributed by atoms with van der Waals surface area (Å²) in [6.07, 6.45) is 3.65. The van der Waals surface area contributed by atoms with Crippen LogP contribution in [0.25, 0.3) is 0 Å². The van der Waals surface area contributed by atoms with Crippen LogP contribution < -0.4 is 5.43 Å². The molecule has 0 saturated heterocycles. The number of hydrogen-bond acceptors (Lipinski definition) is 4. The van der Waals surface area contributed by atoms with Crippen LogP contribution in [0.4, 0.5) is 0 Å². The fourth-order valence-electron chi connectivity index (χ4n) is 1.96. The number of phenolic OH excluding ortho intramolecular Hbond substituents is 1. The van der Waals surface area contributed by atoms with Gasteiger partial charge in [0.25, 0.3) is 5.91 Å². The lowest BCUT2D eigenvalue weighted by atomic mass is 10.2. The largest absolute Gasteiger partial charge is 0.506 e. The first-order valence-electron chi connectivity index (χ1n) is 6.61. The standard InChI is InChI=1S/C14H12Br2N4O2/c15-9-3-8(13(21)10(16)4-9)6-17-20-14(22)12-5-11(18-19-12)7-1-2-7/h3-7,21H,1-2H2,(H,18,19)(H,20,22)/b17-6-. The Balaban J connectivity index is 1.67. The third kappa shape index (κ3) is 3.38. The highest BCUT2D eigenvalue weighted by Crippen LogP contribution is 2.39. The summed E-state index contributed by atoms with van der Waals surface area (Å²) in [4.78, 5) is 11.9. The number of benzene rings is 1. The van der Waals surface area contributed by atoms with E-state index in [4.69, 9.17) is 0 Å². The minimum Gasteiger partial charge on any atom is -0.506 e. The van der Waals surface area contributed by atoms with Gasteiger partial charge in [0.15, 0.2) is 5.69 Å². The van der Waals surface area contributed by atoms with Crippen LogP contribution in [0.15, 0.2) is 32.2 Å². The van der Waals surface area contributed by atoms with Gasteiger partial charge in [-0.3, -0.25) is 9.89 Å². The van der Waals surface area contributed by atoms with Crippen LogP contribution in [-0.2, 0) is 0 Å². The van der Waals surface area contributed by atoms with E-state index in [9.17, 15) is 9.90 Å². The highest BCUT2D eigenvalue weighted by Gasteiger charge is 2.26. The zero-order valence-electron chi connectivity index (χ0n) is 11.3. The molecule has 1 saturated carbocycles. The van der Waals surface area contributed by atoms with Crippen molar-refractivity contribution in [1.82, 2.24) is 15.6 Å². The molecule has 0 unspecified atom stereocenters. The monoisotopic (exact) mass is 426 g/mol. The summed E-state index contributed by atoms with van der Waals surface area (Å²) in [5, 5.41) is 20.6. The number of nitrogens with zero attached hydrogens (tertiary/aromatic N) is 2. The number of carbonyl (C=O) groups is 1. The number of carbonyl (C=O) groups excluding carboxylic acids is 1. The molecule has 3 rings (SSSR count). The van der Waals surface area contributed by atoms with Crippen molar-refractivity contribution in [3.63, 3.8) is 0 Å². The van der Waals surface area contributed by atoms with E-state index in [0.717, 1.165) is 23.0 Å². The number of aromatic hydroxyl groups is 1. The second-order valence-corrected chi connectivity index (χ2v) is 6.78. The first-order chi connectivity index (χ1) is 10.5. The van der Waals surface area contributed by atoms with Crippen molar-refractivity contribution in [2.45, 2.75) is 18.8 Å². The predicted molar refractivity (Wildman–Crippen MR) is 89.1 cm³/mol. The van der Waals surface area contributed by atoms with Crippen LogP contribution in [0.1, 0.15) is 40.5 Å². The summed E-state index contributed by atoms with van der Waals surface area (Å²) < 4.78 is 1.32. The Labute approximate surface area is 143 Å².